The van der Waals surface area contributed by atoms with Crippen molar-refractivity contribution in [1.82, 2.24) is 15.6 Å². The number of hydrogen-bond acceptors (Lipinski definition) is 4. The minimum Gasteiger partial charge on any atom is -0.406 e. The van der Waals surface area contributed by atoms with Crippen LogP contribution in [0.3, 0.4) is 0 Å². The van der Waals surface area contributed by atoms with E-state index >= 15 is 0 Å². The Balaban J connectivity index is 0.00000192. The molecule has 6 nitrogen and oxygen atoms in total. The number of carbonyl (C=O) groups is 1. The largest absolute Gasteiger partial charge is 0.573 e. The van der Waals surface area contributed by atoms with E-state index in [9.17, 15) is 18.0 Å². The van der Waals surface area contributed by atoms with Gasteiger partial charge in [-0.25, -0.2) is 15.2 Å². The van der Waals surface area contributed by atoms with E-state index in [0.29, 0.717) is 18.8 Å². The fourth-order valence-corrected chi connectivity index (χ4v) is 2.59. The lowest BCUT2D eigenvalue weighted by Gasteiger charge is -2.44. The number of amides is 2. The number of ether oxygens (including phenoxy) is 1. The van der Waals surface area contributed by atoms with Crippen LogP contribution < -0.4 is 20.5 Å². The van der Waals surface area contributed by atoms with E-state index in [1.54, 1.807) is 4.90 Å². The quantitative estimate of drug-likeness (QED) is 0.851. The van der Waals surface area contributed by atoms with Gasteiger partial charge in [-0.1, -0.05) is 0 Å². The van der Waals surface area contributed by atoms with Crippen LogP contribution in [0.15, 0.2) is 24.3 Å². The van der Waals surface area contributed by atoms with Crippen LogP contribution in [0.1, 0.15) is 0 Å². The molecule has 1 aromatic rings. The Bertz CT molecular complexity index is 555. The third-order valence-electron chi connectivity index (χ3n) is 3.60. The summed E-state index contributed by atoms with van der Waals surface area (Å²) in [5.74, 6) is -0.319. The molecular formula is C13H16ClF3N4O2. The van der Waals surface area contributed by atoms with Gasteiger partial charge in [0.15, 0.2) is 0 Å². The number of nitrogens with zero attached hydrogens (tertiary/aromatic N) is 2. The minimum atomic E-state index is -4.73. The normalized spacial score (nSPS) is 21.5. The summed E-state index contributed by atoms with van der Waals surface area (Å²) < 4.78 is 40.2. The average Bonchev–Trinajstić information content (AvgIpc) is 2.47. The molecule has 0 unspecified atom stereocenters. The molecule has 0 aromatic heterocycles. The van der Waals surface area contributed by atoms with Crippen molar-refractivity contribution in [3.8, 4) is 5.75 Å². The summed E-state index contributed by atoms with van der Waals surface area (Å²) in [5.41, 5.74) is 3.46. The predicted octanol–water partition coefficient (Wildman–Crippen LogP) is 1.73. The van der Waals surface area contributed by atoms with Crippen molar-refractivity contribution in [2.75, 3.05) is 31.2 Å². The second kappa shape index (κ2) is 6.81. The van der Waals surface area contributed by atoms with E-state index in [2.05, 4.69) is 15.5 Å². The first-order valence-electron chi connectivity index (χ1n) is 6.85. The van der Waals surface area contributed by atoms with Crippen LogP contribution in [0.25, 0.3) is 0 Å². The molecular weight excluding hydrogens is 337 g/mol. The highest BCUT2D eigenvalue weighted by Crippen LogP contribution is 2.26. The van der Waals surface area contributed by atoms with E-state index < -0.39 is 6.36 Å². The van der Waals surface area contributed by atoms with E-state index in [0.717, 1.165) is 13.1 Å². The average molecular weight is 353 g/mol. The van der Waals surface area contributed by atoms with Gasteiger partial charge in [0.1, 0.15) is 5.75 Å². The van der Waals surface area contributed by atoms with E-state index in [1.165, 1.54) is 29.3 Å². The summed E-state index contributed by atoms with van der Waals surface area (Å²) in [7, 11) is 0. The highest BCUT2D eigenvalue weighted by Gasteiger charge is 2.35. The number of fused-ring (bicyclic) bond motifs is 1. The summed E-state index contributed by atoms with van der Waals surface area (Å²) in [6.45, 7) is 2.65. The molecule has 0 spiro atoms. The molecule has 1 atom stereocenters. The van der Waals surface area contributed by atoms with Crippen LogP contribution in [0.4, 0.5) is 23.7 Å². The zero-order valence-corrected chi connectivity index (χ0v) is 12.8. The van der Waals surface area contributed by atoms with Gasteiger partial charge >= 0.3 is 12.4 Å². The van der Waals surface area contributed by atoms with Crippen molar-refractivity contribution < 1.29 is 22.7 Å². The number of anilines is 1. The number of piperazine rings is 1. The summed E-state index contributed by atoms with van der Waals surface area (Å²) in [5, 5.41) is 4.56. The number of hydrazine groups is 1. The van der Waals surface area contributed by atoms with Crippen LogP contribution in [-0.2, 0) is 0 Å². The van der Waals surface area contributed by atoms with Gasteiger partial charge in [-0.2, -0.15) is 0 Å². The Labute approximate surface area is 136 Å². The van der Waals surface area contributed by atoms with Gasteiger partial charge < -0.3 is 15.0 Å². The lowest BCUT2D eigenvalue weighted by Crippen LogP contribution is -2.68. The first-order valence-corrected chi connectivity index (χ1v) is 6.85. The summed E-state index contributed by atoms with van der Waals surface area (Å²) in [6.07, 6.45) is -4.73. The van der Waals surface area contributed by atoms with Crippen LogP contribution in [0.2, 0.25) is 0 Å². The van der Waals surface area contributed by atoms with Gasteiger partial charge in [-0.3, -0.25) is 0 Å². The molecule has 3 rings (SSSR count). The van der Waals surface area contributed by atoms with Crippen LogP contribution >= 0.6 is 12.4 Å². The Morgan fingerprint density at radius 3 is 2.52 bits per heavy atom. The number of halogens is 4. The van der Waals surface area contributed by atoms with E-state index in [4.69, 9.17) is 0 Å². The highest BCUT2D eigenvalue weighted by molar-refractivity contribution is 5.92. The second-order valence-electron chi connectivity index (χ2n) is 5.07. The fourth-order valence-electron chi connectivity index (χ4n) is 2.59. The lowest BCUT2D eigenvalue weighted by atomic mass is 10.2. The molecule has 2 N–H and O–H groups in total. The molecule has 0 radical (unpaired) electrons. The van der Waals surface area contributed by atoms with Crippen molar-refractivity contribution in [2.24, 2.45) is 0 Å². The molecule has 1 aromatic carbocycles. The van der Waals surface area contributed by atoms with Gasteiger partial charge in [-0.15, -0.1) is 25.6 Å². The second-order valence-corrected chi connectivity index (χ2v) is 5.07. The number of nitrogens with one attached hydrogen (secondary N) is 2. The first-order chi connectivity index (χ1) is 10.4. The number of alkyl halides is 3. The van der Waals surface area contributed by atoms with Gasteiger partial charge in [0.05, 0.1) is 11.7 Å². The first kappa shape index (κ1) is 17.6. The topological polar surface area (TPSA) is 56.8 Å². The molecule has 0 aliphatic carbocycles. The zero-order chi connectivity index (χ0) is 15.7. The van der Waals surface area contributed by atoms with Gasteiger partial charge in [-0.05, 0) is 24.3 Å². The summed E-state index contributed by atoms with van der Waals surface area (Å²) in [6, 6.07) is 5.07. The van der Waals surface area contributed by atoms with Crippen molar-refractivity contribution in [2.45, 2.75) is 12.4 Å². The molecule has 2 heterocycles. The molecule has 0 bridgehead atoms. The molecule has 2 amide bonds. The molecule has 10 heteroatoms. The molecule has 128 valence electrons. The number of benzene rings is 1. The van der Waals surface area contributed by atoms with Crippen molar-refractivity contribution in [3.63, 3.8) is 0 Å². The number of rotatable bonds is 2. The van der Waals surface area contributed by atoms with Crippen LogP contribution in [0.5, 0.6) is 5.75 Å². The summed E-state index contributed by atoms with van der Waals surface area (Å²) >= 11 is 0. The fraction of sp³-hybridized carbons (Fsp3) is 0.462. The maximum atomic E-state index is 12.4. The van der Waals surface area contributed by atoms with Crippen molar-refractivity contribution >= 4 is 24.1 Å². The third kappa shape index (κ3) is 3.98. The molecule has 2 aliphatic heterocycles. The van der Waals surface area contributed by atoms with Gasteiger partial charge in [0.2, 0.25) is 0 Å². The van der Waals surface area contributed by atoms with Crippen molar-refractivity contribution in [3.05, 3.63) is 24.3 Å². The van der Waals surface area contributed by atoms with E-state index in [1.807, 2.05) is 0 Å². The predicted molar refractivity (Wildman–Crippen MR) is 79.6 cm³/mol. The van der Waals surface area contributed by atoms with Crippen molar-refractivity contribution in [1.29, 1.82) is 0 Å². The Hall–Kier alpha value is -1.71. The van der Waals surface area contributed by atoms with Crippen LogP contribution in [-0.4, -0.2) is 49.5 Å². The molecule has 2 aliphatic rings. The molecule has 23 heavy (non-hydrogen) atoms. The van der Waals surface area contributed by atoms with Gasteiger partial charge in [0, 0.05) is 26.2 Å². The maximum absolute atomic E-state index is 12.4. The molecule has 2 saturated heterocycles. The number of carbonyl (C=O) groups excluding carboxylic acids is 1. The van der Waals surface area contributed by atoms with Gasteiger partial charge in [0.25, 0.3) is 0 Å². The smallest absolute Gasteiger partial charge is 0.406 e. The SMILES string of the molecule is Cl.O=C1N(c2ccc(OC(F)(F)F)cc2)NC[C@@H]2CNCCN12. The number of urea groups is 1. The lowest BCUT2D eigenvalue weighted by molar-refractivity contribution is -0.274. The molecule has 0 saturated carbocycles. The zero-order valence-electron chi connectivity index (χ0n) is 12.0. The number of hydrogen-bond donors (Lipinski definition) is 2. The summed E-state index contributed by atoms with van der Waals surface area (Å²) in [4.78, 5) is 14.2. The maximum Gasteiger partial charge on any atom is 0.573 e. The third-order valence-corrected chi connectivity index (χ3v) is 3.60. The Morgan fingerprint density at radius 2 is 1.87 bits per heavy atom. The minimum absolute atomic E-state index is 0. The monoisotopic (exact) mass is 352 g/mol. The highest BCUT2D eigenvalue weighted by atomic mass is 35.5. The Kier molecular flexibility index (Phi) is 5.23. The standard InChI is InChI=1S/C13H15F3N4O2.ClH/c14-13(15,16)22-11-3-1-9(2-4-11)20-12(21)19-6-5-17-7-10(19)8-18-20;/h1-4,10,17-18H,5-8H2;1H/t10-;/m0./s1. The molecule has 2 fully saturated rings. The van der Waals surface area contributed by atoms with E-state index in [-0.39, 0.29) is 30.2 Å². The van der Waals surface area contributed by atoms with Crippen LogP contribution in [0, 0.1) is 0 Å². The Morgan fingerprint density at radius 1 is 1.17 bits per heavy atom.